The first-order chi connectivity index (χ1) is 9.29. The van der Waals surface area contributed by atoms with E-state index < -0.39 is 6.10 Å². The second-order valence-electron chi connectivity index (χ2n) is 4.94. The van der Waals surface area contributed by atoms with Crippen LogP contribution in [-0.2, 0) is 0 Å². The predicted molar refractivity (Wildman–Crippen MR) is 80.9 cm³/mol. The highest BCUT2D eigenvalue weighted by molar-refractivity contribution is 7.99. The summed E-state index contributed by atoms with van der Waals surface area (Å²) in [4.78, 5) is 0. The number of hydrogen-bond donors (Lipinski definition) is 2. The SMILES string of the molecule is COc1ccc(C(O)CNCC2CCCCS2)cc1. The fourth-order valence-corrected chi connectivity index (χ4v) is 3.57. The van der Waals surface area contributed by atoms with E-state index in [1.165, 1.54) is 25.0 Å². The molecule has 2 rings (SSSR count). The molecule has 0 spiro atoms. The fourth-order valence-electron chi connectivity index (χ4n) is 2.29. The Hall–Kier alpha value is -0.710. The van der Waals surface area contributed by atoms with E-state index >= 15 is 0 Å². The van der Waals surface area contributed by atoms with Crippen LogP contribution in [0.15, 0.2) is 24.3 Å². The minimum absolute atomic E-state index is 0.445. The van der Waals surface area contributed by atoms with Crippen LogP contribution in [0.1, 0.15) is 30.9 Å². The molecule has 0 aliphatic carbocycles. The zero-order chi connectivity index (χ0) is 13.5. The van der Waals surface area contributed by atoms with Crippen LogP contribution >= 0.6 is 11.8 Å². The van der Waals surface area contributed by atoms with Gasteiger partial charge in [-0.05, 0) is 36.3 Å². The molecule has 0 bridgehead atoms. The van der Waals surface area contributed by atoms with E-state index in [2.05, 4.69) is 17.1 Å². The average molecular weight is 281 g/mol. The van der Waals surface area contributed by atoms with Gasteiger partial charge in [-0.15, -0.1) is 0 Å². The quantitative estimate of drug-likeness (QED) is 0.841. The first-order valence-corrected chi connectivity index (χ1v) is 7.99. The van der Waals surface area contributed by atoms with Crippen molar-refractivity contribution in [3.8, 4) is 5.75 Å². The lowest BCUT2D eigenvalue weighted by molar-refractivity contribution is 0.175. The van der Waals surface area contributed by atoms with Crippen molar-refractivity contribution in [2.45, 2.75) is 30.6 Å². The van der Waals surface area contributed by atoms with Gasteiger partial charge in [0.05, 0.1) is 13.2 Å². The average Bonchev–Trinajstić information content (AvgIpc) is 2.48. The molecular weight excluding hydrogens is 258 g/mol. The van der Waals surface area contributed by atoms with E-state index in [9.17, 15) is 5.11 Å². The Bertz CT molecular complexity index is 363. The van der Waals surface area contributed by atoms with E-state index in [1.807, 2.05) is 24.3 Å². The molecule has 0 aromatic heterocycles. The van der Waals surface area contributed by atoms with Crippen LogP contribution in [0.25, 0.3) is 0 Å². The van der Waals surface area contributed by atoms with E-state index in [4.69, 9.17) is 4.74 Å². The van der Waals surface area contributed by atoms with Gasteiger partial charge in [-0.3, -0.25) is 0 Å². The van der Waals surface area contributed by atoms with Crippen LogP contribution < -0.4 is 10.1 Å². The van der Waals surface area contributed by atoms with Gasteiger partial charge in [-0.2, -0.15) is 11.8 Å². The molecule has 2 N–H and O–H groups in total. The van der Waals surface area contributed by atoms with Crippen molar-refractivity contribution in [1.29, 1.82) is 0 Å². The molecule has 1 aromatic rings. The normalized spacial score (nSPS) is 21.1. The molecule has 1 aliphatic heterocycles. The highest BCUT2D eigenvalue weighted by Gasteiger charge is 2.14. The van der Waals surface area contributed by atoms with Crippen LogP contribution in [0.2, 0.25) is 0 Å². The Balaban J connectivity index is 1.72. The van der Waals surface area contributed by atoms with Crippen molar-refractivity contribution < 1.29 is 9.84 Å². The molecule has 1 fully saturated rings. The third-order valence-electron chi connectivity index (χ3n) is 3.48. The number of aliphatic hydroxyl groups is 1. The maximum Gasteiger partial charge on any atom is 0.118 e. The van der Waals surface area contributed by atoms with E-state index in [0.717, 1.165) is 23.1 Å². The maximum absolute atomic E-state index is 10.1. The molecule has 1 aromatic carbocycles. The summed E-state index contributed by atoms with van der Waals surface area (Å²) < 4.78 is 5.11. The largest absolute Gasteiger partial charge is 0.497 e. The van der Waals surface area contributed by atoms with Gasteiger partial charge in [0.25, 0.3) is 0 Å². The molecule has 0 radical (unpaired) electrons. The van der Waals surface area contributed by atoms with E-state index in [-0.39, 0.29) is 0 Å². The lowest BCUT2D eigenvalue weighted by atomic mass is 10.1. The molecule has 19 heavy (non-hydrogen) atoms. The van der Waals surface area contributed by atoms with Gasteiger partial charge in [0.2, 0.25) is 0 Å². The number of benzene rings is 1. The zero-order valence-electron chi connectivity index (χ0n) is 11.5. The molecule has 1 saturated heterocycles. The topological polar surface area (TPSA) is 41.5 Å². The number of methoxy groups -OCH3 is 1. The Kier molecular flexibility index (Phi) is 6.01. The summed E-state index contributed by atoms with van der Waals surface area (Å²) in [7, 11) is 1.65. The van der Waals surface area contributed by atoms with Gasteiger partial charge in [0, 0.05) is 18.3 Å². The molecule has 2 atom stereocenters. The summed E-state index contributed by atoms with van der Waals surface area (Å²) in [6.45, 7) is 1.61. The Morgan fingerprint density at radius 3 is 2.79 bits per heavy atom. The van der Waals surface area contributed by atoms with Gasteiger partial charge >= 0.3 is 0 Å². The number of thioether (sulfide) groups is 1. The predicted octanol–water partition coefficient (Wildman–Crippen LogP) is 2.60. The van der Waals surface area contributed by atoms with Crippen molar-refractivity contribution in [2.24, 2.45) is 0 Å². The lowest BCUT2D eigenvalue weighted by Crippen LogP contribution is -2.30. The molecule has 1 aliphatic rings. The highest BCUT2D eigenvalue weighted by Crippen LogP contribution is 2.24. The number of rotatable bonds is 6. The molecule has 2 unspecified atom stereocenters. The van der Waals surface area contributed by atoms with Gasteiger partial charge in [-0.1, -0.05) is 18.6 Å². The van der Waals surface area contributed by atoms with Gasteiger partial charge in [0.15, 0.2) is 0 Å². The smallest absolute Gasteiger partial charge is 0.118 e. The van der Waals surface area contributed by atoms with Crippen molar-refractivity contribution >= 4 is 11.8 Å². The minimum Gasteiger partial charge on any atom is -0.497 e. The fraction of sp³-hybridized carbons (Fsp3) is 0.600. The Morgan fingerprint density at radius 2 is 2.16 bits per heavy atom. The first-order valence-electron chi connectivity index (χ1n) is 6.94. The minimum atomic E-state index is -0.445. The second kappa shape index (κ2) is 7.78. The lowest BCUT2D eigenvalue weighted by Gasteiger charge is -2.22. The molecule has 1 heterocycles. The van der Waals surface area contributed by atoms with Crippen LogP contribution in [-0.4, -0.2) is 36.3 Å². The maximum atomic E-state index is 10.1. The zero-order valence-corrected chi connectivity index (χ0v) is 12.3. The van der Waals surface area contributed by atoms with Crippen LogP contribution in [0.4, 0.5) is 0 Å². The molecule has 4 heteroatoms. The van der Waals surface area contributed by atoms with Crippen LogP contribution in [0, 0.1) is 0 Å². The standard InChI is InChI=1S/C15H23NO2S/c1-18-13-7-5-12(6-8-13)15(17)11-16-10-14-4-2-3-9-19-14/h5-8,14-17H,2-4,9-11H2,1H3. The van der Waals surface area contributed by atoms with Crippen LogP contribution in [0.3, 0.4) is 0 Å². The third kappa shape index (κ3) is 4.71. The van der Waals surface area contributed by atoms with Gasteiger partial charge < -0.3 is 15.2 Å². The summed E-state index contributed by atoms with van der Waals surface area (Å²) in [5.41, 5.74) is 0.935. The molecule has 0 saturated carbocycles. The van der Waals surface area contributed by atoms with Crippen molar-refractivity contribution in [2.75, 3.05) is 26.0 Å². The third-order valence-corrected chi connectivity index (χ3v) is 4.88. The number of nitrogens with one attached hydrogen (secondary N) is 1. The Morgan fingerprint density at radius 1 is 1.37 bits per heavy atom. The van der Waals surface area contributed by atoms with Gasteiger partial charge in [0.1, 0.15) is 5.75 Å². The number of hydrogen-bond acceptors (Lipinski definition) is 4. The summed E-state index contributed by atoms with van der Waals surface area (Å²) in [6, 6.07) is 7.60. The summed E-state index contributed by atoms with van der Waals surface area (Å²) >= 11 is 2.05. The van der Waals surface area contributed by atoms with Crippen molar-refractivity contribution in [3.63, 3.8) is 0 Å². The second-order valence-corrected chi connectivity index (χ2v) is 6.34. The molecular formula is C15H23NO2S. The molecule has 0 amide bonds. The van der Waals surface area contributed by atoms with E-state index in [1.54, 1.807) is 7.11 Å². The first kappa shape index (κ1) is 14.7. The summed E-state index contributed by atoms with van der Waals surface area (Å²) in [5.74, 6) is 2.11. The Labute approximate surface area is 119 Å². The highest BCUT2D eigenvalue weighted by atomic mass is 32.2. The van der Waals surface area contributed by atoms with E-state index in [0.29, 0.717) is 6.54 Å². The van der Waals surface area contributed by atoms with Crippen LogP contribution in [0.5, 0.6) is 5.75 Å². The number of aliphatic hydroxyl groups excluding tert-OH is 1. The number of ether oxygens (including phenoxy) is 1. The molecule has 3 nitrogen and oxygen atoms in total. The monoisotopic (exact) mass is 281 g/mol. The van der Waals surface area contributed by atoms with Crippen molar-refractivity contribution in [3.05, 3.63) is 29.8 Å². The van der Waals surface area contributed by atoms with Crippen molar-refractivity contribution in [1.82, 2.24) is 5.32 Å². The summed E-state index contributed by atoms with van der Waals surface area (Å²) in [6.07, 6.45) is 3.56. The summed E-state index contributed by atoms with van der Waals surface area (Å²) in [5, 5.41) is 14.2. The van der Waals surface area contributed by atoms with Gasteiger partial charge in [-0.25, -0.2) is 0 Å². The molecule has 106 valence electrons.